The van der Waals surface area contributed by atoms with Gasteiger partial charge in [-0.25, -0.2) is 0 Å². The highest BCUT2D eigenvalue weighted by Gasteiger charge is 2.16. The Labute approximate surface area is 103 Å². The number of nitrogens with one attached hydrogen (secondary N) is 1. The molecule has 1 saturated carbocycles. The molecule has 2 rings (SSSR count). The van der Waals surface area contributed by atoms with Crippen LogP contribution in [0, 0.1) is 5.92 Å². The first-order valence-corrected chi connectivity index (χ1v) is 6.22. The van der Waals surface area contributed by atoms with E-state index in [1.165, 1.54) is 19.3 Å². The van der Waals surface area contributed by atoms with Crippen molar-refractivity contribution >= 4 is 11.6 Å². The van der Waals surface area contributed by atoms with Crippen molar-refractivity contribution < 1.29 is 4.79 Å². The molecule has 1 aromatic carbocycles. The van der Waals surface area contributed by atoms with E-state index in [4.69, 9.17) is 0 Å². The van der Waals surface area contributed by atoms with E-state index in [0.717, 1.165) is 23.7 Å². The number of rotatable bonds is 4. The van der Waals surface area contributed by atoms with Crippen molar-refractivity contribution in [1.29, 1.82) is 0 Å². The van der Waals surface area contributed by atoms with Crippen LogP contribution in [0.2, 0.25) is 0 Å². The van der Waals surface area contributed by atoms with E-state index in [2.05, 4.69) is 5.32 Å². The summed E-state index contributed by atoms with van der Waals surface area (Å²) in [4.78, 5) is 13.4. The maximum absolute atomic E-state index is 11.8. The van der Waals surface area contributed by atoms with Crippen LogP contribution in [-0.2, 0) is 0 Å². The highest BCUT2D eigenvalue weighted by Crippen LogP contribution is 2.26. The second kappa shape index (κ2) is 5.21. The van der Waals surface area contributed by atoms with Crippen molar-refractivity contribution in [2.75, 3.05) is 26.0 Å². The van der Waals surface area contributed by atoms with Gasteiger partial charge in [-0.3, -0.25) is 4.79 Å². The minimum Gasteiger partial charge on any atom is -0.385 e. The number of hydrogen-bond acceptors (Lipinski definition) is 2. The Morgan fingerprint density at radius 2 is 2.18 bits per heavy atom. The molecule has 1 aliphatic carbocycles. The van der Waals surface area contributed by atoms with Crippen LogP contribution in [-0.4, -0.2) is 31.4 Å². The van der Waals surface area contributed by atoms with Gasteiger partial charge >= 0.3 is 0 Å². The number of anilines is 1. The van der Waals surface area contributed by atoms with E-state index in [9.17, 15) is 4.79 Å². The van der Waals surface area contributed by atoms with Gasteiger partial charge in [0, 0.05) is 31.9 Å². The topological polar surface area (TPSA) is 32.3 Å². The second-order valence-corrected chi connectivity index (χ2v) is 4.96. The zero-order chi connectivity index (χ0) is 12.3. The van der Waals surface area contributed by atoms with Gasteiger partial charge in [0.1, 0.15) is 0 Å². The molecular weight excluding hydrogens is 212 g/mol. The lowest BCUT2D eigenvalue weighted by molar-refractivity contribution is 0.0827. The minimum atomic E-state index is 0.0531. The summed E-state index contributed by atoms with van der Waals surface area (Å²) in [5.41, 5.74) is 1.79. The first-order chi connectivity index (χ1) is 8.16. The summed E-state index contributed by atoms with van der Waals surface area (Å²) < 4.78 is 0. The Morgan fingerprint density at radius 1 is 1.41 bits per heavy atom. The minimum absolute atomic E-state index is 0.0531. The van der Waals surface area contributed by atoms with E-state index >= 15 is 0 Å². The Hall–Kier alpha value is -1.51. The first kappa shape index (κ1) is 12.0. The molecule has 1 amide bonds. The average molecular weight is 232 g/mol. The smallest absolute Gasteiger partial charge is 0.253 e. The van der Waals surface area contributed by atoms with E-state index < -0.39 is 0 Å². The summed E-state index contributed by atoms with van der Waals surface area (Å²) in [6.07, 6.45) is 4.04. The van der Waals surface area contributed by atoms with Gasteiger partial charge in [-0.15, -0.1) is 0 Å². The van der Waals surface area contributed by atoms with Gasteiger partial charge < -0.3 is 10.2 Å². The van der Waals surface area contributed by atoms with E-state index in [1.807, 2.05) is 24.3 Å². The van der Waals surface area contributed by atoms with Crippen molar-refractivity contribution in [2.45, 2.75) is 19.3 Å². The molecule has 0 spiro atoms. The van der Waals surface area contributed by atoms with E-state index in [0.29, 0.717) is 0 Å². The van der Waals surface area contributed by atoms with Crippen molar-refractivity contribution in [3.63, 3.8) is 0 Å². The summed E-state index contributed by atoms with van der Waals surface area (Å²) in [6.45, 7) is 1.03. The lowest BCUT2D eigenvalue weighted by atomic mass is 9.85. The van der Waals surface area contributed by atoms with Crippen LogP contribution in [0.5, 0.6) is 0 Å². The molecule has 0 saturated heterocycles. The Bertz CT molecular complexity index is 397. The SMILES string of the molecule is CN(C)C(=O)c1cccc(NCC2CCC2)c1. The zero-order valence-corrected chi connectivity index (χ0v) is 10.6. The molecule has 0 aromatic heterocycles. The fourth-order valence-corrected chi connectivity index (χ4v) is 1.98. The fraction of sp³-hybridized carbons (Fsp3) is 0.500. The van der Waals surface area contributed by atoms with Crippen LogP contribution in [0.4, 0.5) is 5.69 Å². The molecule has 0 radical (unpaired) electrons. The van der Waals surface area contributed by atoms with Crippen molar-refractivity contribution in [2.24, 2.45) is 5.92 Å². The molecular formula is C14H20N2O. The maximum Gasteiger partial charge on any atom is 0.253 e. The number of carbonyl (C=O) groups excluding carboxylic acids is 1. The molecule has 1 fully saturated rings. The van der Waals surface area contributed by atoms with Crippen LogP contribution < -0.4 is 5.32 Å². The van der Waals surface area contributed by atoms with Gasteiger partial charge in [0.25, 0.3) is 5.91 Å². The predicted octanol–water partition coefficient (Wildman–Crippen LogP) is 2.60. The molecule has 0 bridgehead atoms. The lowest BCUT2D eigenvalue weighted by Crippen LogP contribution is -2.22. The lowest BCUT2D eigenvalue weighted by Gasteiger charge is -2.26. The van der Waals surface area contributed by atoms with Crippen molar-refractivity contribution in [1.82, 2.24) is 4.90 Å². The standard InChI is InChI=1S/C14H20N2O/c1-16(2)14(17)12-7-4-8-13(9-12)15-10-11-5-3-6-11/h4,7-9,11,15H,3,5-6,10H2,1-2H3. The van der Waals surface area contributed by atoms with Crippen molar-refractivity contribution in [3.8, 4) is 0 Å². The van der Waals surface area contributed by atoms with Crippen LogP contribution in [0.25, 0.3) is 0 Å². The molecule has 0 unspecified atom stereocenters. The Kier molecular flexibility index (Phi) is 3.67. The molecule has 1 N–H and O–H groups in total. The largest absolute Gasteiger partial charge is 0.385 e. The molecule has 92 valence electrons. The van der Waals surface area contributed by atoms with E-state index in [-0.39, 0.29) is 5.91 Å². The number of amides is 1. The van der Waals surface area contributed by atoms with Crippen LogP contribution in [0.1, 0.15) is 29.6 Å². The molecule has 1 aliphatic rings. The summed E-state index contributed by atoms with van der Waals surface area (Å²) in [7, 11) is 3.55. The predicted molar refractivity (Wildman–Crippen MR) is 70.3 cm³/mol. The quantitative estimate of drug-likeness (QED) is 0.865. The van der Waals surface area contributed by atoms with Gasteiger partial charge in [0.2, 0.25) is 0 Å². The fourth-order valence-electron chi connectivity index (χ4n) is 1.98. The molecule has 3 nitrogen and oxygen atoms in total. The average Bonchev–Trinajstić information content (AvgIpc) is 2.26. The van der Waals surface area contributed by atoms with E-state index in [1.54, 1.807) is 19.0 Å². The number of hydrogen-bond donors (Lipinski definition) is 1. The van der Waals surface area contributed by atoms with Gasteiger partial charge in [-0.2, -0.15) is 0 Å². The highest BCUT2D eigenvalue weighted by atomic mass is 16.2. The second-order valence-electron chi connectivity index (χ2n) is 4.96. The number of benzene rings is 1. The van der Waals surface area contributed by atoms with Crippen molar-refractivity contribution in [3.05, 3.63) is 29.8 Å². The Morgan fingerprint density at radius 3 is 2.76 bits per heavy atom. The van der Waals surface area contributed by atoms with Crippen LogP contribution in [0.3, 0.4) is 0 Å². The molecule has 1 aromatic rings. The third kappa shape index (κ3) is 2.99. The molecule has 17 heavy (non-hydrogen) atoms. The normalized spacial score (nSPS) is 15.2. The highest BCUT2D eigenvalue weighted by molar-refractivity contribution is 5.94. The third-order valence-electron chi connectivity index (χ3n) is 3.34. The van der Waals surface area contributed by atoms with Crippen LogP contribution in [0.15, 0.2) is 24.3 Å². The van der Waals surface area contributed by atoms with Gasteiger partial charge in [-0.1, -0.05) is 12.5 Å². The summed E-state index contributed by atoms with van der Waals surface area (Å²) in [5, 5.41) is 3.41. The summed E-state index contributed by atoms with van der Waals surface area (Å²) in [6, 6.07) is 7.74. The molecule has 3 heteroatoms. The summed E-state index contributed by atoms with van der Waals surface area (Å²) in [5.74, 6) is 0.875. The maximum atomic E-state index is 11.8. The molecule has 0 atom stereocenters. The third-order valence-corrected chi connectivity index (χ3v) is 3.34. The number of nitrogens with zero attached hydrogens (tertiary/aromatic N) is 1. The molecule has 0 heterocycles. The van der Waals surface area contributed by atoms with Crippen LogP contribution >= 0.6 is 0 Å². The van der Waals surface area contributed by atoms with Gasteiger partial charge in [0.05, 0.1) is 0 Å². The van der Waals surface area contributed by atoms with Gasteiger partial charge in [0.15, 0.2) is 0 Å². The molecule has 0 aliphatic heterocycles. The number of carbonyl (C=O) groups is 1. The first-order valence-electron chi connectivity index (χ1n) is 6.22. The van der Waals surface area contributed by atoms with Gasteiger partial charge in [-0.05, 0) is 37.0 Å². The summed E-state index contributed by atoms with van der Waals surface area (Å²) >= 11 is 0. The Balaban J connectivity index is 1.97. The monoisotopic (exact) mass is 232 g/mol. The zero-order valence-electron chi connectivity index (χ0n) is 10.6.